The molecule has 1 N–H and O–H groups in total. The van der Waals surface area contributed by atoms with Crippen molar-refractivity contribution >= 4 is 17.2 Å². The fourth-order valence-electron chi connectivity index (χ4n) is 2.67. The number of hydrogen-bond donors (Lipinski definition) is 1. The molecule has 0 fully saturated rings. The molecular formula is C18H21N5OS. The first-order valence-electron chi connectivity index (χ1n) is 8.24. The fourth-order valence-corrected chi connectivity index (χ4v) is 3.32. The topological polar surface area (TPSA) is 72.7 Å². The van der Waals surface area contributed by atoms with Gasteiger partial charge in [0.1, 0.15) is 0 Å². The number of rotatable bonds is 6. The Morgan fingerprint density at radius 3 is 2.84 bits per heavy atom. The van der Waals surface area contributed by atoms with Crippen molar-refractivity contribution in [1.29, 1.82) is 0 Å². The standard InChI is InChI=1S/C18H21N5OS/c1-12(2)17-15(10-21-23(17)16-6-4-5-8-19-16)18(24)20-9-7-14-11-25-13(3)22-14/h4-6,8,10-12H,7,9H2,1-3H3,(H,20,24). The summed E-state index contributed by atoms with van der Waals surface area (Å²) in [6.45, 7) is 6.62. The van der Waals surface area contributed by atoms with Crippen LogP contribution in [0.5, 0.6) is 0 Å². The molecule has 3 aromatic heterocycles. The average molecular weight is 355 g/mol. The first kappa shape index (κ1) is 17.3. The number of amides is 1. The maximum Gasteiger partial charge on any atom is 0.254 e. The van der Waals surface area contributed by atoms with Gasteiger partial charge in [-0.15, -0.1) is 11.3 Å². The average Bonchev–Trinajstić information content (AvgIpc) is 3.22. The molecule has 0 unspecified atom stereocenters. The number of pyridine rings is 1. The largest absolute Gasteiger partial charge is 0.352 e. The van der Waals surface area contributed by atoms with E-state index in [1.165, 1.54) is 0 Å². The van der Waals surface area contributed by atoms with Crippen LogP contribution in [0, 0.1) is 6.92 Å². The zero-order valence-corrected chi connectivity index (χ0v) is 15.4. The summed E-state index contributed by atoms with van der Waals surface area (Å²) in [4.78, 5) is 21.4. The summed E-state index contributed by atoms with van der Waals surface area (Å²) in [5.74, 6) is 0.743. The van der Waals surface area contributed by atoms with Crippen molar-refractivity contribution in [3.05, 3.63) is 57.9 Å². The minimum atomic E-state index is -0.113. The Morgan fingerprint density at radius 1 is 1.36 bits per heavy atom. The van der Waals surface area contributed by atoms with Crippen LogP contribution in [0.25, 0.3) is 5.82 Å². The van der Waals surface area contributed by atoms with Crippen molar-refractivity contribution in [2.45, 2.75) is 33.1 Å². The molecule has 0 bridgehead atoms. The maximum atomic E-state index is 12.6. The maximum absolute atomic E-state index is 12.6. The normalized spacial score (nSPS) is 11.0. The molecule has 3 aromatic rings. The Morgan fingerprint density at radius 2 is 2.20 bits per heavy atom. The molecule has 0 radical (unpaired) electrons. The summed E-state index contributed by atoms with van der Waals surface area (Å²) < 4.78 is 1.74. The van der Waals surface area contributed by atoms with Gasteiger partial charge in [0.05, 0.1) is 28.2 Å². The summed E-state index contributed by atoms with van der Waals surface area (Å²) in [5.41, 5.74) is 2.46. The van der Waals surface area contributed by atoms with E-state index >= 15 is 0 Å². The lowest BCUT2D eigenvalue weighted by Gasteiger charge is -2.12. The summed E-state index contributed by atoms with van der Waals surface area (Å²) in [6, 6.07) is 5.64. The zero-order chi connectivity index (χ0) is 17.8. The highest BCUT2D eigenvalue weighted by Gasteiger charge is 2.21. The molecule has 6 nitrogen and oxygen atoms in total. The number of carbonyl (C=O) groups excluding carboxylic acids is 1. The fraction of sp³-hybridized carbons (Fsp3) is 0.333. The molecule has 3 rings (SSSR count). The summed E-state index contributed by atoms with van der Waals surface area (Å²) in [6.07, 6.45) is 4.06. The van der Waals surface area contributed by atoms with Crippen LogP contribution in [0.2, 0.25) is 0 Å². The predicted octanol–water partition coefficient (Wildman–Crippen LogP) is 3.13. The highest BCUT2D eigenvalue weighted by molar-refractivity contribution is 7.09. The lowest BCUT2D eigenvalue weighted by molar-refractivity contribution is 0.0952. The minimum Gasteiger partial charge on any atom is -0.352 e. The SMILES string of the molecule is Cc1nc(CCNC(=O)c2cnn(-c3ccccn3)c2C(C)C)cs1. The quantitative estimate of drug-likeness (QED) is 0.737. The molecule has 0 spiro atoms. The van der Waals surface area contributed by atoms with Gasteiger partial charge in [-0.05, 0) is 25.0 Å². The number of hydrogen-bond acceptors (Lipinski definition) is 5. The van der Waals surface area contributed by atoms with Gasteiger partial charge in [-0.25, -0.2) is 14.6 Å². The van der Waals surface area contributed by atoms with Crippen LogP contribution >= 0.6 is 11.3 Å². The van der Waals surface area contributed by atoms with Crippen molar-refractivity contribution in [3.63, 3.8) is 0 Å². The second-order valence-electron chi connectivity index (χ2n) is 6.06. The third kappa shape index (κ3) is 3.93. The van der Waals surface area contributed by atoms with Gasteiger partial charge in [0, 0.05) is 24.5 Å². The molecule has 3 heterocycles. The van der Waals surface area contributed by atoms with Crippen LogP contribution in [0.1, 0.15) is 46.5 Å². The molecule has 0 saturated heterocycles. The molecule has 130 valence electrons. The summed E-state index contributed by atoms with van der Waals surface area (Å²) in [5, 5.41) is 10.4. The number of thiazole rings is 1. The number of nitrogens with zero attached hydrogens (tertiary/aromatic N) is 4. The van der Waals surface area contributed by atoms with E-state index in [4.69, 9.17) is 0 Å². The van der Waals surface area contributed by atoms with Gasteiger partial charge in [-0.2, -0.15) is 5.10 Å². The van der Waals surface area contributed by atoms with Crippen molar-refractivity contribution in [2.24, 2.45) is 0 Å². The number of carbonyl (C=O) groups is 1. The van der Waals surface area contributed by atoms with Crippen molar-refractivity contribution in [3.8, 4) is 5.82 Å². The van der Waals surface area contributed by atoms with Gasteiger partial charge >= 0.3 is 0 Å². The first-order chi connectivity index (χ1) is 12.1. The Bertz CT molecular complexity index is 853. The van der Waals surface area contributed by atoms with Crippen molar-refractivity contribution in [1.82, 2.24) is 25.1 Å². The van der Waals surface area contributed by atoms with Gasteiger partial charge in [0.15, 0.2) is 5.82 Å². The van der Waals surface area contributed by atoms with Crippen LogP contribution in [0.3, 0.4) is 0 Å². The second-order valence-corrected chi connectivity index (χ2v) is 7.12. The van der Waals surface area contributed by atoms with E-state index in [1.807, 2.05) is 44.4 Å². The lowest BCUT2D eigenvalue weighted by atomic mass is 10.1. The molecule has 0 aromatic carbocycles. The lowest BCUT2D eigenvalue weighted by Crippen LogP contribution is -2.27. The summed E-state index contributed by atoms with van der Waals surface area (Å²) in [7, 11) is 0. The highest BCUT2D eigenvalue weighted by Crippen LogP contribution is 2.22. The molecule has 1 amide bonds. The minimum absolute atomic E-state index is 0.113. The monoisotopic (exact) mass is 355 g/mol. The van der Waals surface area contributed by atoms with E-state index in [0.717, 1.165) is 22.8 Å². The van der Waals surface area contributed by atoms with E-state index < -0.39 is 0 Å². The molecule has 0 aliphatic rings. The van der Waals surface area contributed by atoms with E-state index in [2.05, 4.69) is 20.4 Å². The third-order valence-electron chi connectivity index (χ3n) is 3.80. The van der Waals surface area contributed by atoms with Crippen LogP contribution < -0.4 is 5.32 Å². The first-order valence-corrected chi connectivity index (χ1v) is 9.12. The van der Waals surface area contributed by atoms with E-state index in [1.54, 1.807) is 28.4 Å². The van der Waals surface area contributed by atoms with E-state index in [9.17, 15) is 4.79 Å². The van der Waals surface area contributed by atoms with Gasteiger partial charge in [-0.3, -0.25) is 4.79 Å². The Labute approximate surface area is 150 Å². The molecule has 7 heteroatoms. The van der Waals surface area contributed by atoms with Crippen LogP contribution in [0.15, 0.2) is 36.0 Å². The molecule has 25 heavy (non-hydrogen) atoms. The van der Waals surface area contributed by atoms with Crippen LogP contribution in [-0.4, -0.2) is 32.2 Å². The number of aromatic nitrogens is 4. The van der Waals surface area contributed by atoms with E-state index in [0.29, 0.717) is 17.9 Å². The zero-order valence-electron chi connectivity index (χ0n) is 14.6. The Kier molecular flexibility index (Phi) is 5.23. The molecule has 0 saturated carbocycles. The van der Waals surface area contributed by atoms with Gasteiger partial charge in [0.2, 0.25) is 0 Å². The van der Waals surface area contributed by atoms with Gasteiger partial charge in [-0.1, -0.05) is 19.9 Å². The third-order valence-corrected chi connectivity index (χ3v) is 4.62. The Hall–Kier alpha value is -2.54. The Balaban J connectivity index is 1.75. The second kappa shape index (κ2) is 7.57. The van der Waals surface area contributed by atoms with Crippen LogP contribution in [0.4, 0.5) is 0 Å². The van der Waals surface area contributed by atoms with E-state index in [-0.39, 0.29) is 11.8 Å². The number of nitrogens with one attached hydrogen (secondary N) is 1. The molecule has 0 aliphatic carbocycles. The van der Waals surface area contributed by atoms with Crippen molar-refractivity contribution in [2.75, 3.05) is 6.54 Å². The highest BCUT2D eigenvalue weighted by atomic mass is 32.1. The van der Waals surface area contributed by atoms with Gasteiger partial charge in [0.25, 0.3) is 5.91 Å². The van der Waals surface area contributed by atoms with Gasteiger partial charge < -0.3 is 5.32 Å². The number of aryl methyl sites for hydroxylation is 1. The molecular weight excluding hydrogens is 334 g/mol. The van der Waals surface area contributed by atoms with Crippen molar-refractivity contribution < 1.29 is 4.79 Å². The van der Waals surface area contributed by atoms with Crippen LogP contribution in [-0.2, 0) is 6.42 Å². The predicted molar refractivity (Wildman–Crippen MR) is 98.3 cm³/mol. The molecule has 0 aliphatic heterocycles. The smallest absolute Gasteiger partial charge is 0.254 e. The summed E-state index contributed by atoms with van der Waals surface area (Å²) >= 11 is 1.62. The molecule has 0 atom stereocenters.